The zero-order chi connectivity index (χ0) is 53.0. The number of nitrogens with one attached hydrogen (secondary N) is 4. The lowest BCUT2D eigenvalue weighted by Gasteiger charge is -2.15. The van der Waals surface area contributed by atoms with Crippen LogP contribution in [0.4, 0.5) is 57.9 Å². The fraction of sp³-hybridized carbons (Fsp3) is 0. The van der Waals surface area contributed by atoms with E-state index in [1.807, 2.05) is 0 Å². The lowest BCUT2D eigenvalue weighted by atomic mass is 10.1. The minimum atomic E-state index is -5.19. The molecule has 2 aromatic heterocycles. The first-order valence-corrected chi connectivity index (χ1v) is 27.3. The summed E-state index contributed by atoms with van der Waals surface area (Å²) in [6.07, 6.45) is 0. The third-order valence-electron chi connectivity index (χ3n) is 9.70. The standard InChI is InChI=1S/C38H26Cl2N12O16S5/c39-33-45-35(41-18-3-1-4-20(14-18)69(54,55)56)49-37(47-33)43-26-15-19(8-12-29(26)72(63,64)65)42-36-46-34(40)48-38(50-36)44-27-16-21(70(57,58)59)13-17-7-10-24(31(53)30(17)27)51-52-25-11-9-22-23(32(25)73(66,67)68)5-2-6-28(22)71(60,61)62/h1-16,53H,(H,54,55,56)(H,57,58,59)(H,60,61,62)(H,63,64,65)(H,66,67,68)(H2,41,43,45,47,49)(H2,42,44,46,48,50). The number of aromatic nitrogens is 6. The van der Waals surface area contributed by atoms with Crippen LogP contribution in [0.2, 0.25) is 10.6 Å². The number of phenols is 1. The molecule has 0 radical (unpaired) electrons. The van der Waals surface area contributed by atoms with E-state index in [1.54, 1.807) is 0 Å². The van der Waals surface area contributed by atoms with Crippen LogP contribution in [0, 0.1) is 0 Å². The third kappa shape index (κ3) is 11.8. The molecule has 8 rings (SSSR count). The molecule has 0 saturated heterocycles. The van der Waals surface area contributed by atoms with E-state index in [2.05, 4.69) is 61.4 Å². The summed E-state index contributed by atoms with van der Waals surface area (Å²) < 4.78 is 172. The van der Waals surface area contributed by atoms with E-state index in [-0.39, 0.29) is 56.2 Å². The summed E-state index contributed by atoms with van der Waals surface area (Å²) in [5.41, 5.74) is -1.63. The number of anilines is 8. The number of nitrogens with zero attached hydrogens (tertiary/aromatic N) is 8. The second kappa shape index (κ2) is 19.2. The zero-order valence-corrected chi connectivity index (χ0v) is 41.0. The molecule has 28 nitrogen and oxygen atoms in total. The minimum Gasteiger partial charge on any atom is -0.505 e. The first-order valence-electron chi connectivity index (χ1n) is 19.3. The first-order chi connectivity index (χ1) is 34.0. The maximum atomic E-state index is 12.6. The Labute approximate surface area is 420 Å². The van der Waals surface area contributed by atoms with Crippen LogP contribution >= 0.6 is 23.2 Å². The van der Waals surface area contributed by atoms with Crippen LogP contribution < -0.4 is 21.3 Å². The van der Waals surface area contributed by atoms with E-state index in [0.29, 0.717) is 0 Å². The second-order valence-corrected chi connectivity index (χ2v) is 22.2. The van der Waals surface area contributed by atoms with Crippen LogP contribution in [0.3, 0.4) is 0 Å². The second-order valence-electron chi connectivity index (χ2n) is 14.6. The number of benzene rings is 6. The predicted octanol–water partition coefficient (Wildman–Crippen LogP) is 7.00. The molecule has 0 unspecified atom stereocenters. The van der Waals surface area contributed by atoms with Gasteiger partial charge in [0.1, 0.15) is 26.1 Å². The van der Waals surface area contributed by atoms with Gasteiger partial charge in [-0.1, -0.05) is 30.3 Å². The van der Waals surface area contributed by atoms with Crippen molar-refractivity contribution in [2.24, 2.45) is 10.2 Å². The lowest BCUT2D eigenvalue weighted by Crippen LogP contribution is -2.09. The number of azo groups is 1. The Morgan fingerprint density at radius 2 is 0.973 bits per heavy atom. The summed E-state index contributed by atoms with van der Waals surface area (Å²) in [6.45, 7) is 0. The molecule has 0 fully saturated rings. The number of halogens is 2. The van der Waals surface area contributed by atoms with Crippen LogP contribution in [0.15, 0.2) is 132 Å². The molecule has 2 heterocycles. The van der Waals surface area contributed by atoms with Crippen LogP contribution in [0.1, 0.15) is 0 Å². The van der Waals surface area contributed by atoms with Crippen molar-refractivity contribution in [1.82, 2.24) is 29.9 Å². The summed E-state index contributed by atoms with van der Waals surface area (Å²) in [4.78, 5) is 20.5. The molecule has 8 aromatic rings. The van der Waals surface area contributed by atoms with Crippen molar-refractivity contribution in [2.75, 3.05) is 21.3 Å². The highest BCUT2D eigenvalue weighted by molar-refractivity contribution is 7.87. The molecule has 0 aliphatic rings. The topological polar surface area (TPSA) is 442 Å². The van der Waals surface area contributed by atoms with Gasteiger partial charge in [-0.25, -0.2) is 0 Å². The molecular weight excluding hydrogens is 1110 g/mol. The van der Waals surface area contributed by atoms with Crippen LogP contribution in [0.5, 0.6) is 5.75 Å². The van der Waals surface area contributed by atoms with E-state index in [0.717, 1.165) is 78.9 Å². The van der Waals surface area contributed by atoms with Crippen molar-refractivity contribution >= 4 is 153 Å². The first kappa shape index (κ1) is 51.9. The SMILES string of the molecule is O=S(=O)(O)c1cccc(Nc2nc(Cl)nc(Nc3cc(Nc4nc(Cl)nc(Nc5cc(S(=O)(=O)O)cc6ccc(N=Nc7ccc8c(S(=O)(=O)O)cccc8c7S(=O)(=O)O)c(O)c56)n4)ccc3S(=O)(=O)O)n2)c1. The highest BCUT2D eigenvalue weighted by Gasteiger charge is 2.25. The molecule has 10 N–H and O–H groups in total. The van der Waals surface area contributed by atoms with Crippen LogP contribution in [0.25, 0.3) is 21.5 Å². The van der Waals surface area contributed by atoms with Crippen molar-refractivity contribution in [2.45, 2.75) is 24.5 Å². The van der Waals surface area contributed by atoms with Gasteiger partial charge in [-0.3, -0.25) is 22.8 Å². The normalized spacial score (nSPS) is 12.6. The van der Waals surface area contributed by atoms with Crippen molar-refractivity contribution in [1.29, 1.82) is 0 Å². The lowest BCUT2D eigenvalue weighted by molar-refractivity contribution is 0.480. The third-order valence-corrected chi connectivity index (χ3v) is 14.5. The maximum absolute atomic E-state index is 12.6. The van der Waals surface area contributed by atoms with Crippen LogP contribution in [-0.2, 0) is 50.6 Å². The van der Waals surface area contributed by atoms with E-state index in [4.69, 9.17) is 23.2 Å². The molecule has 0 aliphatic heterocycles. The fourth-order valence-electron chi connectivity index (χ4n) is 6.80. The van der Waals surface area contributed by atoms with Gasteiger partial charge in [0, 0.05) is 27.5 Å². The van der Waals surface area contributed by atoms with Gasteiger partial charge in [0.15, 0.2) is 5.75 Å². The summed E-state index contributed by atoms with van der Waals surface area (Å²) in [5.74, 6) is -2.29. The number of hydrogen-bond donors (Lipinski definition) is 10. The van der Waals surface area contributed by atoms with Gasteiger partial charge in [0.05, 0.1) is 21.2 Å². The monoisotopic (exact) mass is 1140 g/mol. The average Bonchev–Trinajstić information content (AvgIpc) is 3.26. The Hall–Kier alpha value is -7.41. The van der Waals surface area contributed by atoms with Gasteiger partial charge >= 0.3 is 0 Å². The number of phenolic OH excluding ortho intramolecular Hbond substituents is 1. The fourth-order valence-corrected chi connectivity index (χ4v) is 10.3. The molecule has 6 aromatic carbocycles. The van der Waals surface area contributed by atoms with Gasteiger partial charge in [-0.2, -0.15) is 72.0 Å². The molecule has 0 aliphatic carbocycles. The zero-order valence-electron chi connectivity index (χ0n) is 35.4. The smallest absolute Gasteiger partial charge is 0.297 e. The minimum absolute atomic E-state index is 0.0162. The Kier molecular flexibility index (Phi) is 13.7. The van der Waals surface area contributed by atoms with Gasteiger partial charge in [0.25, 0.3) is 50.6 Å². The van der Waals surface area contributed by atoms with Crippen molar-refractivity contribution in [3.05, 3.63) is 108 Å². The van der Waals surface area contributed by atoms with Crippen molar-refractivity contribution in [3.63, 3.8) is 0 Å². The quantitative estimate of drug-likeness (QED) is 0.0365. The van der Waals surface area contributed by atoms with Gasteiger partial charge in [0.2, 0.25) is 34.4 Å². The molecule has 378 valence electrons. The Morgan fingerprint density at radius 3 is 1.55 bits per heavy atom. The molecule has 35 heteroatoms. The number of hydrogen-bond acceptors (Lipinski definition) is 23. The predicted molar refractivity (Wildman–Crippen MR) is 258 cm³/mol. The number of rotatable bonds is 15. The van der Waals surface area contributed by atoms with E-state index in [1.165, 1.54) is 18.2 Å². The van der Waals surface area contributed by atoms with Gasteiger partial charge < -0.3 is 26.4 Å². The molecule has 0 amide bonds. The molecular formula is C38H26Cl2N12O16S5. The maximum Gasteiger partial charge on any atom is 0.297 e. The molecule has 0 spiro atoms. The Balaban J connectivity index is 1.13. The van der Waals surface area contributed by atoms with E-state index in [9.17, 15) is 70.0 Å². The molecule has 0 bridgehead atoms. The van der Waals surface area contributed by atoms with Gasteiger partial charge in [-0.15, -0.1) is 10.2 Å². The van der Waals surface area contributed by atoms with Crippen molar-refractivity contribution < 1.29 is 70.0 Å². The molecule has 0 atom stereocenters. The van der Waals surface area contributed by atoms with E-state index >= 15 is 0 Å². The number of fused-ring (bicyclic) bond motifs is 2. The number of aromatic hydroxyl groups is 1. The Bertz CT molecular complexity index is 4260. The van der Waals surface area contributed by atoms with Crippen molar-refractivity contribution in [3.8, 4) is 5.75 Å². The molecule has 0 saturated carbocycles. The average molecular weight is 1140 g/mol. The highest BCUT2D eigenvalue weighted by Crippen LogP contribution is 2.43. The summed E-state index contributed by atoms with van der Waals surface area (Å²) in [6, 6.07) is 17.5. The van der Waals surface area contributed by atoms with E-state index < -0.39 is 115 Å². The largest absolute Gasteiger partial charge is 0.505 e. The Morgan fingerprint density at radius 1 is 0.438 bits per heavy atom. The summed E-state index contributed by atoms with van der Waals surface area (Å²) in [7, 11) is -24.6. The van der Waals surface area contributed by atoms with Gasteiger partial charge in [-0.05, 0) is 95.3 Å². The van der Waals surface area contributed by atoms with Crippen LogP contribution in [-0.4, -0.2) is 99.9 Å². The summed E-state index contributed by atoms with van der Waals surface area (Å²) >= 11 is 12.3. The summed E-state index contributed by atoms with van der Waals surface area (Å²) in [5, 5.41) is 28.1. The highest BCUT2D eigenvalue weighted by atomic mass is 35.5. The molecule has 73 heavy (non-hydrogen) atoms.